The first-order chi connectivity index (χ1) is 23.3. The maximum atomic E-state index is 14.8. The van der Waals surface area contributed by atoms with Crippen LogP contribution in [0.5, 0.6) is 0 Å². The van der Waals surface area contributed by atoms with E-state index in [-0.39, 0.29) is 36.7 Å². The molecule has 0 aromatic rings. The van der Waals surface area contributed by atoms with Gasteiger partial charge in [0.25, 0.3) is 0 Å². The molecule has 0 radical (unpaired) electrons. The predicted octanol–water partition coefficient (Wildman–Crippen LogP) is 1.32. The van der Waals surface area contributed by atoms with Gasteiger partial charge in [-0.3, -0.25) is 19.2 Å². The Labute approximate surface area is 299 Å². The Balaban J connectivity index is 1.48. The lowest BCUT2D eigenvalue weighted by Gasteiger charge is -2.64. The van der Waals surface area contributed by atoms with Crippen molar-refractivity contribution < 1.29 is 64.0 Å². The van der Waals surface area contributed by atoms with Gasteiger partial charge in [0.15, 0.2) is 17.9 Å². The Morgan fingerprint density at radius 1 is 1.00 bits per heavy atom. The molecule has 1 aliphatic heterocycles. The van der Waals surface area contributed by atoms with Crippen LogP contribution in [0.25, 0.3) is 0 Å². The summed E-state index contributed by atoms with van der Waals surface area (Å²) in [7, 11) is 0. The molecule has 0 bridgehead atoms. The van der Waals surface area contributed by atoms with Crippen LogP contribution in [0.1, 0.15) is 88.0 Å². The molecule has 1 saturated heterocycles. The smallest absolute Gasteiger partial charge is 0.303 e. The predicted molar refractivity (Wildman–Crippen MR) is 180 cm³/mol. The summed E-state index contributed by atoms with van der Waals surface area (Å²) in [5.41, 5.74) is -6.34. The fraction of sp³-hybridized carbons (Fsp3) is 0.789. The fourth-order valence-electron chi connectivity index (χ4n) is 10.8. The summed E-state index contributed by atoms with van der Waals surface area (Å²) in [6.07, 6.45) is -4.90. The molecular weight excluding hydrogens is 664 g/mol. The Morgan fingerprint density at radius 3 is 2.22 bits per heavy atom. The SMILES string of the molecule is CC(=O)OC(C)(C)/C=C/C(=O)[C@@](C)(O)[C@H]1[C@H](O)C[C@@]2(C)[C@@H]3CC=C4[C@@H](C[C@H](O[C@@H]5O[C@H](CO)[C@@H](O)[C@H](O)[C@H]5O)C(=O)C4(C)C)[C@]3(C)C(=O)C[C@]12C. The molecule has 0 aromatic heterocycles. The van der Waals surface area contributed by atoms with Gasteiger partial charge in [-0.25, -0.2) is 0 Å². The van der Waals surface area contributed by atoms with E-state index < -0.39 is 106 Å². The number of ketones is 3. The largest absolute Gasteiger partial charge is 0.456 e. The van der Waals surface area contributed by atoms with Crippen LogP contribution in [0.4, 0.5) is 0 Å². The van der Waals surface area contributed by atoms with Crippen LogP contribution in [-0.2, 0) is 33.4 Å². The van der Waals surface area contributed by atoms with Crippen LogP contribution in [-0.4, -0.2) is 115 Å². The van der Waals surface area contributed by atoms with E-state index in [2.05, 4.69) is 0 Å². The molecule has 286 valence electrons. The quantitative estimate of drug-likeness (QED) is 0.119. The average molecular weight is 721 g/mol. The number of fused-ring (bicyclic) bond motifs is 5. The zero-order valence-corrected chi connectivity index (χ0v) is 31.1. The molecular formula is C38H56O13. The van der Waals surface area contributed by atoms with E-state index in [1.807, 2.05) is 26.8 Å². The van der Waals surface area contributed by atoms with Crippen LogP contribution in [0.3, 0.4) is 0 Å². The summed E-state index contributed by atoms with van der Waals surface area (Å²) in [6.45, 7) is 14.4. The van der Waals surface area contributed by atoms with Gasteiger partial charge in [0.2, 0.25) is 0 Å². The van der Waals surface area contributed by atoms with Crippen LogP contribution >= 0.6 is 0 Å². The highest BCUT2D eigenvalue weighted by Gasteiger charge is 2.74. The fourth-order valence-corrected chi connectivity index (χ4v) is 10.8. The molecule has 0 aromatic carbocycles. The molecule has 14 atom stereocenters. The normalized spacial score (nSPS) is 45.0. The Hall–Kier alpha value is -2.36. The number of hydrogen-bond donors (Lipinski definition) is 6. The van der Waals surface area contributed by atoms with Gasteiger partial charge in [-0.05, 0) is 88.7 Å². The third kappa shape index (κ3) is 6.00. The molecule has 4 aliphatic carbocycles. The Morgan fingerprint density at radius 2 is 1.63 bits per heavy atom. The zero-order chi connectivity index (χ0) is 38.4. The summed E-state index contributed by atoms with van der Waals surface area (Å²) in [5, 5.41) is 64.7. The number of esters is 1. The minimum absolute atomic E-state index is 0.0549. The topological polar surface area (TPSA) is 217 Å². The number of carbonyl (C=O) groups is 4. The van der Waals surface area contributed by atoms with Crippen molar-refractivity contribution in [2.45, 2.75) is 142 Å². The molecule has 0 unspecified atom stereocenters. The van der Waals surface area contributed by atoms with Crippen molar-refractivity contribution in [2.24, 2.45) is 39.4 Å². The molecule has 0 spiro atoms. The van der Waals surface area contributed by atoms with Gasteiger partial charge in [0, 0.05) is 30.1 Å². The van der Waals surface area contributed by atoms with Crippen LogP contribution in [0.15, 0.2) is 23.8 Å². The van der Waals surface area contributed by atoms with Crippen LogP contribution in [0, 0.1) is 39.4 Å². The summed E-state index contributed by atoms with van der Waals surface area (Å²) >= 11 is 0. The van der Waals surface area contributed by atoms with Crippen molar-refractivity contribution in [1.82, 2.24) is 0 Å². The molecule has 4 fully saturated rings. The number of rotatable bonds is 8. The number of hydrogen-bond acceptors (Lipinski definition) is 13. The summed E-state index contributed by atoms with van der Waals surface area (Å²) < 4.78 is 16.9. The van der Waals surface area contributed by atoms with Gasteiger partial charge in [0.05, 0.1) is 12.7 Å². The second-order valence-corrected chi connectivity index (χ2v) is 17.6. The number of carbonyl (C=O) groups excluding carboxylic acids is 4. The first kappa shape index (κ1) is 39.8. The lowest BCUT2D eigenvalue weighted by atomic mass is 9.38. The van der Waals surface area contributed by atoms with E-state index in [1.54, 1.807) is 27.7 Å². The molecule has 6 N–H and O–H groups in total. The Bertz CT molecular complexity index is 1510. The van der Waals surface area contributed by atoms with Gasteiger partial charge in [-0.2, -0.15) is 0 Å². The molecule has 0 amide bonds. The molecule has 1 heterocycles. The van der Waals surface area contributed by atoms with E-state index >= 15 is 0 Å². The number of allylic oxidation sites excluding steroid dienone is 2. The van der Waals surface area contributed by atoms with E-state index in [9.17, 15) is 49.8 Å². The van der Waals surface area contributed by atoms with Crippen molar-refractivity contribution >= 4 is 23.3 Å². The highest BCUT2D eigenvalue weighted by atomic mass is 16.7. The highest BCUT2D eigenvalue weighted by Crippen LogP contribution is 2.74. The Kier molecular flexibility index (Phi) is 10.1. The molecule has 5 rings (SSSR count). The summed E-state index contributed by atoms with van der Waals surface area (Å²) in [4.78, 5) is 54.0. The van der Waals surface area contributed by atoms with E-state index in [0.29, 0.717) is 6.42 Å². The lowest BCUT2D eigenvalue weighted by Crippen LogP contribution is -2.66. The molecule has 3 saturated carbocycles. The zero-order valence-electron chi connectivity index (χ0n) is 31.1. The minimum Gasteiger partial charge on any atom is -0.456 e. The molecule has 5 aliphatic rings. The van der Waals surface area contributed by atoms with E-state index in [0.717, 1.165) is 11.6 Å². The maximum Gasteiger partial charge on any atom is 0.303 e. The van der Waals surface area contributed by atoms with Gasteiger partial charge in [-0.15, -0.1) is 0 Å². The number of Topliss-reactive ketones (excluding diaryl/α,β-unsaturated/α-hetero) is 2. The minimum atomic E-state index is -2.08. The maximum absolute atomic E-state index is 14.8. The van der Waals surface area contributed by atoms with Crippen LogP contribution < -0.4 is 0 Å². The molecule has 13 heteroatoms. The second kappa shape index (κ2) is 12.9. The molecule has 51 heavy (non-hydrogen) atoms. The first-order valence-electron chi connectivity index (χ1n) is 17.9. The monoisotopic (exact) mass is 720 g/mol. The van der Waals surface area contributed by atoms with Gasteiger partial charge in [-0.1, -0.05) is 32.4 Å². The summed E-state index contributed by atoms with van der Waals surface area (Å²) in [6, 6.07) is 0. The van der Waals surface area contributed by atoms with Crippen molar-refractivity contribution in [3.05, 3.63) is 23.8 Å². The van der Waals surface area contributed by atoms with Crippen molar-refractivity contribution in [2.75, 3.05) is 6.61 Å². The van der Waals surface area contributed by atoms with Crippen molar-refractivity contribution in [3.8, 4) is 0 Å². The third-order valence-electron chi connectivity index (χ3n) is 13.7. The highest BCUT2D eigenvalue weighted by molar-refractivity contribution is 5.98. The second-order valence-electron chi connectivity index (χ2n) is 17.6. The number of aliphatic hydroxyl groups excluding tert-OH is 5. The average Bonchev–Trinajstić information content (AvgIpc) is 3.22. The van der Waals surface area contributed by atoms with Crippen LogP contribution in [0.2, 0.25) is 0 Å². The molecule has 13 nitrogen and oxygen atoms in total. The van der Waals surface area contributed by atoms with E-state index in [1.165, 1.54) is 19.9 Å². The van der Waals surface area contributed by atoms with E-state index in [4.69, 9.17) is 14.2 Å². The standard InChI is InChI=1S/C38H56O13/c1-18(40)51-33(2,3)13-12-25(42)38(9,48)30-21(41)15-35(6)24-11-10-19-20(37(24,8)26(43)16-36(30,35)7)14-22(31(47)34(19,4)5)49-32-29(46)28(45)27(44)23(17-39)50-32/h10,12-13,20-24,27-30,32,39,41,44-46,48H,11,14-17H2,1-9H3/b13-12+/t20-,21-,22+,23-,24+,27-,28+,29-,30+,32-,35+,36-,37+,38-/m1/s1. The summed E-state index contributed by atoms with van der Waals surface area (Å²) in [5.74, 6) is -3.56. The third-order valence-corrected chi connectivity index (χ3v) is 13.7. The van der Waals surface area contributed by atoms with Gasteiger partial charge < -0.3 is 44.8 Å². The number of ether oxygens (including phenoxy) is 3. The lowest BCUT2D eigenvalue weighted by molar-refractivity contribution is -0.311. The van der Waals surface area contributed by atoms with Crippen molar-refractivity contribution in [3.63, 3.8) is 0 Å². The first-order valence-corrected chi connectivity index (χ1v) is 17.9. The van der Waals surface area contributed by atoms with Crippen molar-refractivity contribution in [1.29, 1.82) is 0 Å². The van der Waals surface area contributed by atoms with Gasteiger partial charge in [0.1, 0.15) is 47.5 Å². The van der Waals surface area contributed by atoms with Gasteiger partial charge >= 0.3 is 5.97 Å². The number of aliphatic hydroxyl groups is 6.